The van der Waals surface area contributed by atoms with Crippen LogP contribution in [0.2, 0.25) is 0 Å². The van der Waals surface area contributed by atoms with E-state index in [0.717, 1.165) is 12.8 Å². The normalized spacial score (nSPS) is 20.6. The highest BCUT2D eigenvalue weighted by atomic mass is 79.9. The molecule has 8 heteroatoms. The lowest BCUT2D eigenvalue weighted by atomic mass is 9.97. The van der Waals surface area contributed by atoms with Gasteiger partial charge in [0.2, 0.25) is 10.0 Å². The predicted octanol–water partition coefficient (Wildman–Crippen LogP) is 2.58. The third-order valence-corrected chi connectivity index (χ3v) is 7.38. The Kier molecular flexibility index (Phi) is 5.70. The van der Waals surface area contributed by atoms with E-state index >= 15 is 0 Å². The number of rotatable bonds is 4. The number of aliphatic hydroxyl groups is 1. The molecule has 0 aromatic heterocycles. The van der Waals surface area contributed by atoms with Gasteiger partial charge in [0.15, 0.2) is 0 Å². The van der Waals surface area contributed by atoms with Crippen LogP contribution in [0.15, 0.2) is 26.0 Å². The maximum Gasteiger partial charge on any atom is 0.245 e. The number of aliphatic hydroxyl groups excluding tert-OH is 1. The average Bonchev–Trinajstić information content (AvgIpc) is 2.37. The first-order valence-corrected chi connectivity index (χ1v) is 9.74. The molecular weight excluding hydrogens is 424 g/mol. The van der Waals surface area contributed by atoms with Gasteiger partial charge in [-0.1, -0.05) is 0 Å². The number of hydrogen-bond donors (Lipinski definition) is 2. The van der Waals surface area contributed by atoms with Crippen LogP contribution < -0.4 is 5.73 Å². The van der Waals surface area contributed by atoms with Crippen LogP contribution in [-0.4, -0.2) is 37.5 Å². The first kappa shape index (κ1) is 17.2. The predicted molar refractivity (Wildman–Crippen MR) is 89.4 cm³/mol. The smallest absolute Gasteiger partial charge is 0.245 e. The van der Waals surface area contributed by atoms with Crippen molar-refractivity contribution in [2.24, 2.45) is 5.92 Å². The molecule has 0 radical (unpaired) electrons. The molecule has 1 aliphatic heterocycles. The molecule has 0 spiro atoms. The highest BCUT2D eigenvalue weighted by Crippen LogP contribution is 2.36. The van der Waals surface area contributed by atoms with Crippen molar-refractivity contribution in [1.29, 1.82) is 0 Å². The zero-order valence-corrected chi connectivity index (χ0v) is 15.4. The number of nitrogens with two attached hydrogens (primary N) is 1. The molecule has 3 N–H and O–H groups in total. The van der Waals surface area contributed by atoms with E-state index < -0.39 is 10.0 Å². The molecule has 0 aliphatic carbocycles. The number of sulfonamides is 1. The van der Waals surface area contributed by atoms with Gasteiger partial charge in [-0.05, 0) is 69.2 Å². The van der Waals surface area contributed by atoms with Crippen molar-refractivity contribution in [2.45, 2.75) is 24.2 Å². The van der Waals surface area contributed by atoms with E-state index in [0.29, 0.717) is 34.1 Å². The Morgan fingerprint density at radius 3 is 2.52 bits per heavy atom. The summed E-state index contributed by atoms with van der Waals surface area (Å²) in [6.45, 7) is 1.05. The summed E-state index contributed by atoms with van der Waals surface area (Å²) in [6.07, 6.45) is 2.40. The van der Waals surface area contributed by atoms with Crippen molar-refractivity contribution < 1.29 is 13.5 Å². The number of piperidine rings is 1. The highest BCUT2D eigenvalue weighted by Gasteiger charge is 2.32. The van der Waals surface area contributed by atoms with Gasteiger partial charge in [0.05, 0.1) is 0 Å². The summed E-state index contributed by atoms with van der Waals surface area (Å²) in [5.41, 5.74) is 6.21. The minimum Gasteiger partial charge on any atom is -0.399 e. The Morgan fingerprint density at radius 2 is 1.95 bits per heavy atom. The second-order valence-corrected chi connectivity index (χ2v) is 8.78. The van der Waals surface area contributed by atoms with Crippen molar-refractivity contribution >= 4 is 47.6 Å². The monoisotopic (exact) mass is 440 g/mol. The molecule has 1 fully saturated rings. The molecule has 5 nitrogen and oxygen atoms in total. The molecule has 0 bridgehead atoms. The second-order valence-electron chi connectivity index (χ2n) is 5.20. The molecule has 1 atom stereocenters. The molecule has 2 rings (SSSR count). The Balaban J connectivity index is 2.34. The fourth-order valence-electron chi connectivity index (χ4n) is 2.62. The fraction of sp³-hybridized carbons (Fsp3) is 0.538. The SMILES string of the molecule is Nc1cc(Br)c(S(=O)(=O)N2CCCC(CCO)C2)c(Br)c1. The van der Waals surface area contributed by atoms with Gasteiger partial charge in [0.1, 0.15) is 4.90 Å². The van der Waals surface area contributed by atoms with Gasteiger partial charge in [0.25, 0.3) is 0 Å². The van der Waals surface area contributed by atoms with E-state index in [4.69, 9.17) is 10.8 Å². The summed E-state index contributed by atoms with van der Waals surface area (Å²) >= 11 is 6.58. The quantitative estimate of drug-likeness (QED) is 0.703. The number of anilines is 1. The highest BCUT2D eigenvalue weighted by molar-refractivity contribution is 9.11. The maximum absolute atomic E-state index is 12.9. The van der Waals surface area contributed by atoms with Crippen LogP contribution in [0.1, 0.15) is 19.3 Å². The van der Waals surface area contributed by atoms with Crippen LogP contribution >= 0.6 is 31.9 Å². The summed E-state index contributed by atoms with van der Waals surface area (Å²) in [5, 5.41) is 9.05. The minimum absolute atomic E-state index is 0.0911. The van der Waals surface area contributed by atoms with E-state index in [1.165, 1.54) is 4.31 Å². The van der Waals surface area contributed by atoms with E-state index in [-0.39, 0.29) is 17.4 Å². The Hall–Kier alpha value is -0.150. The molecule has 21 heavy (non-hydrogen) atoms. The molecule has 0 amide bonds. The van der Waals surface area contributed by atoms with E-state index in [1.807, 2.05) is 0 Å². The third kappa shape index (κ3) is 3.79. The number of halogens is 2. The maximum atomic E-state index is 12.9. The summed E-state index contributed by atoms with van der Waals surface area (Å²) in [4.78, 5) is 0.210. The molecule has 118 valence electrons. The van der Waals surface area contributed by atoms with Crippen LogP contribution in [0.3, 0.4) is 0 Å². The molecule has 1 aromatic rings. The molecule has 1 saturated heterocycles. The van der Waals surface area contributed by atoms with Gasteiger partial charge in [-0.2, -0.15) is 4.31 Å². The lowest BCUT2D eigenvalue weighted by Gasteiger charge is -2.32. The summed E-state index contributed by atoms with van der Waals surface area (Å²) in [7, 11) is -3.59. The van der Waals surface area contributed by atoms with Crippen molar-refractivity contribution in [3.63, 3.8) is 0 Å². The zero-order chi connectivity index (χ0) is 15.6. The number of nitrogen functional groups attached to an aromatic ring is 1. The van der Waals surface area contributed by atoms with Crippen molar-refractivity contribution in [1.82, 2.24) is 4.31 Å². The lowest BCUT2D eigenvalue weighted by molar-refractivity contribution is 0.203. The average molecular weight is 442 g/mol. The molecule has 1 aromatic carbocycles. The van der Waals surface area contributed by atoms with Crippen molar-refractivity contribution in [3.8, 4) is 0 Å². The summed E-state index contributed by atoms with van der Waals surface area (Å²) in [6, 6.07) is 3.18. The van der Waals surface area contributed by atoms with E-state index in [2.05, 4.69) is 31.9 Å². The standard InChI is InChI=1S/C13H18Br2N2O3S/c14-11-6-10(16)7-12(15)13(11)21(19,20)17-4-1-2-9(8-17)3-5-18/h6-7,9,18H,1-5,8,16H2. The number of nitrogens with zero attached hydrogens (tertiary/aromatic N) is 1. The van der Waals surface area contributed by atoms with Gasteiger partial charge < -0.3 is 10.8 Å². The van der Waals surface area contributed by atoms with Crippen LogP contribution in [-0.2, 0) is 10.0 Å². The summed E-state index contributed by atoms with van der Waals surface area (Å²) < 4.78 is 28.1. The van der Waals surface area contributed by atoms with Gasteiger partial charge in [-0.15, -0.1) is 0 Å². The minimum atomic E-state index is -3.59. The zero-order valence-electron chi connectivity index (χ0n) is 11.4. The number of benzene rings is 1. The van der Waals surface area contributed by atoms with Crippen LogP contribution in [0.4, 0.5) is 5.69 Å². The summed E-state index contributed by atoms with van der Waals surface area (Å²) in [5.74, 6) is 0.213. The molecule has 1 unspecified atom stereocenters. The van der Waals surface area contributed by atoms with Crippen LogP contribution in [0.5, 0.6) is 0 Å². The van der Waals surface area contributed by atoms with Gasteiger partial charge in [0, 0.05) is 34.3 Å². The van der Waals surface area contributed by atoms with Crippen LogP contribution in [0, 0.1) is 5.92 Å². The Morgan fingerprint density at radius 1 is 1.33 bits per heavy atom. The van der Waals surface area contributed by atoms with Crippen molar-refractivity contribution in [3.05, 3.63) is 21.1 Å². The van der Waals surface area contributed by atoms with Gasteiger partial charge >= 0.3 is 0 Å². The van der Waals surface area contributed by atoms with E-state index in [9.17, 15) is 8.42 Å². The third-order valence-electron chi connectivity index (χ3n) is 3.64. The van der Waals surface area contributed by atoms with Gasteiger partial charge in [-0.3, -0.25) is 0 Å². The fourth-order valence-corrected chi connectivity index (χ4v) is 6.71. The first-order chi connectivity index (χ1) is 9.86. The molecule has 1 aliphatic rings. The molecule has 1 heterocycles. The molecular formula is C13H18Br2N2O3S. The van der Waals surface area contributed by atoms with Crippen molar-refractivity contribution in [2.75, 3.05) is 25.4 Å². The van der Waals surface area contributed by atoms with E-state index in [1.54, 1.807) is 12.1 Å². The largest absolute Gasteiger partial charge is 0.399 e. The van der Waals surface area contributed by atoms with Crippen LogP contribution in [0.25, 0.3) is 0 Å². The Labute approximate surface area is 141 Å². The second kappa shape index (κ2) is 6.95. The van der Waals surface area contributed by atoms with Gasteiger partial charge in [-0.25, -0.2) is 8.42 Å². The lowest BCUT2D eigenvalue weighted by Crippen LogP contribution is -2.40. The first-order valence-electron chi connectivity index (χ1n) is 6.71. The number of hydrogen-bond acceptors (Lipinski definition) is 4. The Bertz CT molecular complexity index is 597. The molecule has 0 saturated carbocycles. The topological polar surface area (TPSA) is 83.6 Å².